The predicted octanol–water partition coefficient (Wildman–Crippen LogP) is 5.34. The lowest BCUT2D eigenvalue weighted by Crippen LogP contribution is -2.07. The number of methoxy groups -OCH3 is 1. The molecule has 5 nitrogen and oxygen atoms in total. The van der Waals surface area contributed by atoms with Gasteiger partial charge < -0.3 is 14.6 Å². The van der Waals surface area contributed by atoms with Crippen molar-refractivity contribution in [3.63, 3.8) is 0 Å². The lowest BCUT2D eigenvalue weighted by Gasteiger charge is -2.14. The highest BCUT2D eigenvalue weighted by molar-refractivity contribution is 5.89. The summed E-state index contributed by atoms with van der Waals surface area (Å²) < 4.78 is 11.2. The predicted molar refractivity (Wildman–Crippen MR) is 118 cm³/mol. The molecule has 1 N–H and O–H groups in total. The number of ether oxygens (including phenoxy) is 2. The van der Waals surface area contributed by atoms with E-state index in [0.29, 0.717) is 35.9 Å². The monoisotopic (exact) mass is 405 g/mol. The third-order valence-corrected chi connectivity index (χ3v) is 4.90. The Kier molecular flexibility index (Phi) is 7.07. The summed E-state index contributed by atoms with van der Waals surface area (Å²) in [5.41, 5.74) is 4.66. The van der Waals surface area contributed by atoms with Crippen LogP contribution in [0.4, 0.5) is 0 Å². The average Bonchev–Trinajstić information content (AvgIpc) is 2.76. The van der Waals surface area contributed by atoms with Gasteiger partial charge in [0.05, 0.1) is 30.7 Å². The number of carboxylic acid groups (broad SMARTS) is 1. The molecular weight excluding hydrogens is 378 g/mol. The van der Waals surface area contributed by atoms with Crippen molar-refractivity contribution in [3.8, 4) is 22.8 Å². The number of hydrogen-bond donors (Lipinski definition) is 1. The lowest BCUT2D eigenvalue weighted by atomic mass is 10.0. The number of rotatable bonds is 9. The van der Waals surface area contributed by atoms with Gasteiger partial charge in [-0.2, -0.15) is 0 Å². The van der Waals surface area contributed by atoms with Gasteiger partial charge in [0.25, 0.3) is 0 Å². The van der Waals surface area contributed by atoms with Crippen LogP contribution in [0.2, 0.25) is 0 Å². The molecule has 1 heterocycles. The van der Waals surface area contributed by atoms with Crippen LogP contribution in [0.1, 0.15) is 40.5 Å². The number of benzene rings is 2. The summed E-state index contributed by atoms with van der Waals surface area (Å²) in [6, 6.07) is 17.2. The smallest absolute Gasteiger partial charge is 0.337 e. The third-order valence-electron chi connectivity index (χ3n) is 4.90. The van der Waals surface area contributed by atoms with E-state index in [9.17, 15) is 9.90 Å². The summed E-state index contributed by atoms with van der Waals surface area (Å²) >= 11 is 0. The van der Waals surface area contributed by atoms with E-state index in [1.54, 1.807) is 19.2 Å². The van der Waals surface area contributed by atoms with E-state index in [0.717, 1.165) is 24.0 Å². The molecule has 0 bridgehead atoms. The number of aromatic carboxylic acids is 1. The molecule has 0 aliphatic heterocycles. The third kappa shape index (κ3) is 5.17. The second-order valence-electron chi connectivity index (χ2n) is 7.19. The topological polar surface area (TPSA) is 68.7 Å². The van der Waals surface area contributed by atoms with Crippen molar-refractivity contribution in [1.82, 2.24) is 4.98 Å². The van der Waals surface area contributed by atoms with Crippen LogP contribution in [-0.4, -0.2) is 29.8 Å². The maximum absolute atomic E-state index is 11.7. The molecule has 30 heavy (non-hydrogen) atoms. The number of pyridine rings is 1. The Hall–Kier alpha value is -3.34. The molecule has 0 saturated carbocycles. The minimum Gasteiger partial charge on any atom is -0.497 e. The van der Waals surface area contributed by atoms with Gasteiger partial charge in [-0.05, 0) is 56.0 Å². The molecule has 0 aliphatic carbocycles. The van der Waals surface area contributed by atoms with Crippen LogP contribution in [0.15, 0.2) is 54.6 Å². The van der Waals surface area contributed by atoms with E-state index in [1.807, 2.05) is 32.0 Å². The molecule has 0 saturated heterocycles. The zero-order valence-corrected chi connectivity index (χ0v) is 17.6. The highest BCUT2D eigenvalue weighted by Crippen LogP contribution is 2.33. The molecule has 1 aromatic heterocycles. The summed E-state index contributed by atoms with van der Waals surface area (Å²) in [5.74, 6) is 0.410. The molecule has 5 heteroatoms. The number of aromatic nitrogens is 1. The first-order valence-electron chi connectivity index (χ1n) is 10.1. The van der Waals surface area contributed by atoms with Crippen LogP contribution >= 0.6 is 0 Å². The van der Waals surface area contributed by atoms with Gasteiger partial charge in [0.15, 0.2) is 0 Å². The molecule has 0 unspecified atom stereocenters. The number of hydrogen-bond acceptors (Lipinski definition) is 4. The summed E-state index contributed by atoms with van der Waals surface area (Å²) in [7, 11) is 1.61. The minimum atomic E-state index is -0.967. The van der Waals surface area contributed by atoms with Gasteiger partial charge in [-0.15, -0.1) is 0 Å². The molecule has 0 spiro atoms. The standard InChI is InChI=1S/C25H27NO4/c1-4-15-30-24-16-19(29-3)10-11-20(24)22-14-12-21(25(27)28)23(26-22)13-9-18-7-5-17(2)6-8-18/h5-8,10-12,14,16H,4,9,13,15H2,1-3H3,(H,27,28). The van der Waals surface area contributed by atoms with Gasteiger partial charge in [-0.1, -0.05) is 36.8 Å². The van der Waals surface area contributed by atoms with E-state index in [1.165, 1.54) is 5.56 Å². The fourth-order valence-electron chi connectivity index (χ4n) is 3.23. The van der Waals surface area contributed by atoms with Crippen molar-refractivity contribution in [2.75, 3.05) is 13.7 Å². The number of aryl methyl sites for hydroxylation is 3. The normalized spacial score (nSPS) is 10.6. The van der Waals surface area contributed by atoms with Crippen molar-refractivity contribution in [1.29, 1.82) is 0 Å². The van der Waals surface area contributed by atoms with Crippen molar-refractivity contribution < 1.29 is 19.4 Å². The van der Waals surface area contributed by atoms with Gasteiger partial charge in [0.1, 0.15) is 11.5 Å². The summed E-state index contributed by atoms with van der Waals surface area (Å²) in [6.45, 7) is 4.67. The molecular formula is C25H27NO4. The van der Waals surface area contributed by atoms with Gasteiger partial charge in [0, 0.05) is 11.6 Å². The Morgan fingerprint density at radius 2 is 1.80 bits per heavy atom. The highest BCUT2D eigenvalue weighted by Gasteiger charge is 2.16. The zero-order chi connectivity index (χ0) is 21.5. The lowest BCUT2D eigenvalue weighted by molar-refractivity contribution is 0.0695. The highest BCUT2D eigenvalue weighted by atomic mass is 16.5. The Bertz CT molecular complexity index is 1010. The van der Waals surface area contributed by atoms with Crippen LogP contribution < -0.4 is 9.47 Å². The van der Waals surface area contributed by atoms with E-state index in [-0.39, 0.29) is 5.56 Å². The number of carboxylic acids is 1. The average molecular weight is 405 g/mol. The van der Waals surface area contributed by atoms with Crippen molar-refractivity contribution in [2.45, 2.75) is 33.1 Å². The minimum absolute atomic E-state index is 0.232. The fraction of sp³-hybridized carbons (Fsp3) is 0.280. The first kappa shape index (κ1) is 21.4. The van der Waals surface area contributed by atoms with E-state index in [2.05, 4.69) is 24.3 Å². The van der Waals surface area contributed by atoms with Gasteiger partial charge >= 0.3 is 5.97 Å². The second kappa shape index (κ2) is 9.92. The Morgan fingerprint density at radius 3 is 2.47 bits per heavy atom. The Balaban J connectivity index is 1.95. The molecule has 3 aromatic rings. The van der Waals surface area contributed by atoms with E-state index >= 15 is 0 Å². The van der Waals surface area contributed by atoms with E-state index in [4.69, 9.17) is 14.5 Å². The molecule has 0 radical (unpaired) electrons. The van der Waals surface area contributed by atoms with E-state index < -0.39 is 5.97 Å². The molecule has 156 valence electrons. The zero-order valence-electron chi connectivity index (χ0n) is 17.6. The fourth-order valence-corrected chi connectivity index (χ4v) is 3.23. The molecule has 0 atom stereocenters. The van der Waals surface area contributed by atoms with Crippen molar-refractivity contribution >= 4 is 5.97 Å². The maximum Gasteiger partial charge on any atom is 0.337 e. The van der Waals surface area contributed by atoms with Crippen LogP contribution in [0.25, 0.3) is 11.3 Å². The van der Waals surface area contributed by atoms with Crippen LogP contribution in [-0.2, 0) is 12.8 Å². The van der Waals surface area contributed by atoms with Gasteiger partial charge in [-0.3, -0.25) is 4.98 Å². The summed E-state index contributed by atoms with van der Waals surface area (Å²) in [6.07, 6.45) is 2.14. The molecule has 0 fully saturated rings. The molecule has 0 aliphatic rings. The largest absolute Gasteiger partial charge is 0.497 e. The summed E-state index contributed by atoms with van der Waals surface area (Å²) in [5, 5.41) is 9.62. The first-order valence-corrected chi connectivity index (χ1v) is 10.1. The number of carbonyl (C=O) groups is 1. The maximum atomic E-state index is 11.7. The molecule has 2 aromatic carbocycles. The summed E-state index contributed by atoms with van der Waals surface area (Å²) in [4.78, 5) is 16.5. The molecule has 3 rings (SSSR count). The molecule has 0 amide bonds. The second-order valence-corrected chi connectivity index (χ2v) is 7.19. The number of nitrogens with zero attached hydrogens (tertiary/aromatic N) is 1. The van der Waals surface area contributed by atoms with Crippen LogP contribution in [0.3, 0.4) is 0 Å². The first-order chi connectivity index (χ1) is 14.5. The van der Waals surface area contributed by atoms with Crippen molar-refractivity contribution in [2.24, 2.45) is 0 Å². The Labute approximate surface area is 177 Å². The van der Waals surface area contributed by atoms with Gasteiger partial charge in [0.2, 0.25) is 0 Å². The quantitative estimate of drug-likeness (QED) is 0.520. The van der Waals surface area contributed by atoms with Gasteiger partial charge in [-0.25, -0.2) is 4.79 Å². The van der Waals surface area contributed by atoms with Crippen LogP contribution in [0, 0.1) is 6.92 Å². The van der Waals surface area contributed by atoms with Crippen molar-refractivity contribution in [3.05, 3.63) is 77.0 Å². The van der Waals surface area contributed by atoms with Crippen LogP contribution in [0.5, 0.6) is 11.5 Å². The SMILES string of the molecule is CCCOc1cc(OC)ccc1-c1ccc(C(=O)O)c(CCc2ccc(C)cc2)n1. The Morgan fingerprint density at radius 1 is 1.03 bits per heavy atom.